The van der Waals surface area contributed by atoms with E-state index in [1.807, 2.05) is 41.3 Å². The fourth-order valence-corrected chi connectivity index (χ4v) is 4.23. The molecule has 0 radical (unpaired) electrons. The molecule has 2 unspecified atom stereocenters. The molecule has 0 saturated carbocycles. The van der Waals surface area contributed by atoms with Crippen LogP contribution in [0.4, 0.5) is 0 Å². The van der Waals surface area contributed by atoms with Crippen molar-refractivity contribution in [2.45, 2.75) is 31.3 Å². The van der Waals surface area contributed by atoms with Gasteiger partial charge in [0.05, 0.1) is 40.0 Å². The smallest absolute Gasteiger partial charge is 0.320 e. The first-order valence-electron chi connectivity index (χ1n) is 9.97. The van der Waals surface area contributed by atoms with Crippen molar-refractivity contribution in [2.24, 2.45) is 0 Å². The number of ether oxygens (including phenoxy) is 4. The van der Waals surface area contributed by atoms with E-state index >= 15 is 0 Å². The van der Waals surface area contributed by atoms with Gasteiger partial charge in [0.2, 0.25) is 0 Å². The lowest BCUT2D eigenvalue weighted by Crippen LogP contribution is -2.47. The van der Waals surface area contributed by atoms with Crippen molar-refractivity contribution >= 4 is 5.97 Å². The molecule has 2 aromatic rings. The molecule has 0 bridgehead atoms. The summed E-state index contributed by atoms with van der Waals surface area (Å²) in [6, 6.07) is 10.0. The zero-order chi connectivity index (χ0) is 21.7. The maximum Gasteiger partial charge on any atom is 0.320 e. The second-order valence-electron chi connectivity index (χ2n) is 7.17. The normalized spacial score (nSPS) is 17.8. The summed E-state index contributed by atoms with van der Waals surface area (Å²) in [7, 11) is 6.41. The molecule has 1 fully saturated rings. The summed E-state index contributed by atoms with van der Waals surface area (Å²) in [5.41, 5.74) is 1.56. The van der Waals surface area contributed by atoms with Crippen LogP contribution >= 0.6 is 0 Å². The topological polar surface area (TPSA) is 77.5 Å². The van der Waals surface area contributed by atoms with Gasteiger partial charge >= 0.3 is 5.97 Å². The first-order chi connectivity index (χ1) is 14.5. The quantitative estimate of drug-likeness (QED) is 0.704. The van der Waals surface area contributed by atoms with E-state index in [-0.39, 0.29) is 0 Å². The third kappa shape index (κ3) is 4.16. The number of carboxylic acid groups (broad SMARTS) is 1. The number of piperidine rings is 1. The SMILES string of the molecule is COc1ccc(OC)c(C(c2c(OC)cccc2OC)N2CCCCC2C(=O)O)c1. The van der Waals surface area contributed by atoms with Crippen LogP contribution in [0, 0.1) is 0 Å². The van der Waals surface area contributed by atoms with Crippen molar-refractivity contribution in [1.29, 1.82) is 0 Å². The van der Waals surface area contributed by atoms with Crippen LogP contribution in [0.25, 0.3) is 0 Å². The van der Waals surface area contributed by atoms with Gasteiger partial charge in [-0.05, 0) is 49.7 Å². The van der Waals surface area contributed by atoms with E-state index in [0.717, 1.165) is 24.0 Å². The van der Waals surface area contributed by atoms with E-state index in [1.165, 1.54) is 0 Å². The molecule has 2 aromatic carbocycles. The van der Waals surface area contributed by atoms with Gasteiger partial charge in [0.25, 0.3) is 0 Å². The summed E-state index contributed by atoms with van der Waals surface area (Å²) < 4.78 is 22.5. The molecular weight excluding hydrogens is 386 g/mol. The third-order valence-corrected chi connectivity index (χ3v) is 5.63. The molecule has 0 aliphatic carbocycles. The van der Waals surface area contributed by atoms with E-state index in [9.17, 15) is 9.90 Å². The van der Waals surface area contributed by atoms with Gasteiger partial charge in [0.15, 0.2) is 0 Å². The predicted molar refractivity (Wildman–Crippen MR) is 113 cm³/mol. The monoisotopic (exact) mass is 415 g/mol. The molecule has 30 heavy (non-hydrogen) atoms. The third-order valence-electron chi connectivity index (χ3n) is 5.63. The summed E-state index contributed by atoms with van der Waals surface area (Å²) in [4.78, 5) is 14.2. The first kappa shape index (κ1) is 21.8. The Morgan fingerprint density at radius 3 is 2.20 bits per heavy atom. The molecule has 2 atom stereocenters. The molecule has 3 rings (SSSR count). The maximum atomic E-state index is 12.2. The minimum absolute atomic E-state index is 0.456. The number of carboxylic acids is 1. The standard InChI is InChI=1S/C23H29NO6/c1-27-15-11-12-18(28-2)16(14-15)22(24-13-6-5-8-17(24)23(25)26)21-19(29-3)9-7-10-20(21)30-4/h7,9-12,14,17,22H,5-6,8,13H2,1-4H3,(H,25,26). The lowest BCUT2D eigenvalue weighted by Gasteiger charge is -2.40. The number of benzene rings is 2. The van der Waals surface area contributed by atoms with Crippen molar-refractivity contribution < 1.29 is 28.8 Å². The summed E-state index contributed by atoms with van der Waals surface area (Å²) in [5, 5.41) is 9.97. The Hall–Kier alpha value is -2.93. The number of hydrogen-bond acceptors (Lipinski definition) is 6. The molecule has 0 spiro atoms. The highest BCUT2D eigenvalue weighted by atomic mass is 16.5. The molecule has 7 nitrogen and oxygen atoms in total. The van der Waals surface area contributed by atoms with E-state index in [1.54, 1.807) is 28.4 Å². The molecule has 162 valence electrons. The van der Waals surface area contributed by atoms with Gasteiger partial charge < -0.3 is 24.1 Å². The molecule has 1 saturated heterocycles. The summed E-state index contributed by atoms with van der Waals surface area (Å²) >= 11 is 0. The van der Waals surface area contributed by atoms with Gasteiger partial charge in [-0.2, -0.15) is 0 Å². The number of aliphatic carboxylic acids is 1. The van der Waals surface area contributed by atoms with E-state index in [4.69, 9.17) is 18.9 Å². The Morgan fingerprint density at radius 2 is 1.63 bits per heavy atom. The highest BCUT2D eigenvalue weighted by Crippen LogP contribution is 2.46. The van der Waals surface area contributed by atoms with Crippen LogP contribution in [-0.2, 0) is 4.79 Å². The van der Waals surface area contributed by atoms with Gasteiger partial charge in [-0.15, -0.1) is 0 Å². The second kappa shape index (κ2) is 9.71. The Kier molecular flexibility index (Phi) is 7.05. The van der Waals surface area contributed by atoms with Crippen LogP contribution in [-0.4, -0.2) is 57.0 Å². The Balaban J connectivity index is 2.30. The number of nitrogens with zero attached hydrogens (tertiary/aromatic N) is 1. The molecule has 1 aliphatic rings. The van der Waals surface area contributed by atoms with E-state index in [2.05, 4.69) is 0 Å². The highest BCUT2D eigenvalue weighted by molar-refractivity contribution is 5.74. The number of carbonyl (C=O) groups is 1. The maximum absolute atomic E-state index is 12.2. The molecule has 7 heteroatoms. The number of hydrogen-bond donors (Lipinski definition) is 1. The minimum Gasteiger partial charge on any atom is -0.497 e. The molecular formula is C23H29NO6. The average molecular weight is 415 g/mol. The highest BCUT2D eigenvalue weighted by Gasteiger charge is 2.39. The molecule has 1 aliphatic heterocycles. The Bertz CT molecular complexity index is 862. The average Bonchev–Trinajstić information content (AvgIpc) is 2.79. The zero-order valence-electron chi connectivity index (χ0n) is 17.9. The summed E-state index contributed by atoms with van der Waals surface area (Å²) in [6.07, 6.45) is 2.36. The number of rotatable bonds is 8. The van der Waals surface area contributed by atoms with Crippen LogP contribution in [0.1, 0.15) is 36.4 Å². The molecule has 1 N–H and O–H groups in total. The van der Waals surface area contributed by atoms with Crippen molar-refractivity contribution in [2.75, 3.05) is 35.0 Å². The van der Waals surface area contributed by atoms with Gasteiger partial charge in [-0.25, -0.2) is 0 Å². The van der Waals surface area contributed by atoms with Crippen molar-refractivity contribution in [3.8, 4) is 23.0 Å². The fraction of sp³-hybridized carbons (Fsp3) is 0.435. The van der Waals surface area contributed by atoms with Crippen LogP contribution in [0.5, 0.6) is 23.0 Å². The fourth-order valence-electron chi connectivity index (χ4n) is 4.23. The molecule has 1 heterocycles. The van der Waals surface area contributed by atoms with Crippen molar-refractivity contribution in [3.05, 3.63) is 47.5 Å². The van der Waals surface area contributed by atoms with Crippen molar-refractivity contribution in [1.82, 2.24) is 4.90 Å². The Labute approximate surface area is 177 Å². The van der Waals surface area contributed by atoms with Crippen molar-refractivity contribution in [3.63, 3.8) is 0 Å². The van der Waals surface area contributed by atoms with Gasteiger partial charge in [0.1, 0.15) is 29.0 Å². The second-order valence-corrected chi connectivity index (χ2v) is 7.17. The lowest BCUT2D eigenvalue weighted by atomic mass is 9.90. The largest absolute Gasteiger partial charge is 0.497 e. The number of likely N-dealkylation sites (tertiary alicyclic amines) is 1. The van der Waals surface area contributed by atoms with Gasteiger partial charge in [-0.3, -0.25) is 9.69 Å². The zero-order valence-corrected chi connectivity index (χ0v) is 17.9. The first-order valence-corrected chi connectivity index (χ1v) is 9.97. The Morgan fingerprint density at radius 1 is 0.967 bits per heavy atom. The van der Waals surface area contributed by atoms with Crippen LogP contribution in [0.2, 0.25) is 0 Å². The predicted octanol–water partition coefficient (Wildman–Crippen LogP) is 3.75. The number of methoxy groups -OCH3 is 4. The van der Waals surface area contributed by atoms with Crippen LogP contribution in [0.3, 0.4) is 0 Å². The molecule has 0 amide bonds. The van der Waals surface area contributed by atoms with Crippen LogP contribution in [0.15, 0.2) is 36.4 Å². The van der Waals surface area contributed by atoms with Gasteiger partial charge in [0, 0.05) is 5.56 Å². The van der Waals surface area contributed by atoms with Gasteiger partial charge in [-0.1, -0.05) is 12.5 Å². The molecule has 0 aromatic heterocycles. The van der Waals surface area contributed by atoms with E-state index < -0.39 is 18.1 Å². The van der Waals surface area contributed by atoms with E-state index in [0.29, 0.717) is 36.0 Å². The minimum atomic E-state index is -0.838. The lowest BCUT2D eigenvalue weighted by molar-refractivity contribution is -0.145. The summed E-state index contributed by atoms with van der Waals surface area (Å²) in [6.45, 7) is 0.628. The van der Waals surface area contributed by atoms with Crippen LogP contribution < -0.4 is 18.9 Å². The summed E-state index contributed by atoms with van der Waals surface area (Å²) in [5.74, 6) is 1.71.